The molecule has 0 saturated carbocycles. The summed E-state index contributed by atoms with van der Waals surface area (Å²) in [5, 5.41) is 7.24. The number of carbonyl (C=O) groups excluding carboxylic acids is 1. The van der Waals surface area contributed by atoms with Gasteiger partial charge in [-0.3, -0.25) is 9.59 Å². The zero-order valence-corrected chi connectivity index (χ0v) is 13.9. The van der Waals surface area contributed by atoms with Crippen LogP contribution < -0.4 is 15.8 Å². The van der Waals surface area contributed by atoms with Gasteiger partial charge in [-0.2, -0.15) is 5.10 Å². The molecule has 7 nitrogen and oxygen atoms in total. The zero-order valence-electron chi connectivity index (χ0n) is 13.2. The summed E-state index contributed by atoms with van der Waals surface area (Å²) in [7, 11) is 1.58. The van der Waals surface area contributed by atoms with E-state index in [9.17, 15) is 9.59 Å². The number of aromatic nitrogens is 2. The lowest BCUT2D eigenvalue weighted by Crippen LogP contribution is -2.41. The maximum atomic E-state index is 12.5. The fourth-order valence-electron chi connectivity index (χ4n) is 2.53. The molecule has 3 rings (SSSR count). The Kier molecular flexibility index (Phi) is 4.82. The number of amides is 1. The lowest BCUT2D eigenvalue weighted by Gasteiger charge is -2.29. The van der Waals surface area contributed by atoms with Crippen molar-refractivity contribution in [2.24, 2.45) is 7.05 Å². The van der Waals surface area contributed by atoms with Crippen molar-refractivity contribution in [1.82, 2.24) is 9.78 Å². The maximum absolute atomic E-state index is 12.5. The van der Waals surface area contributed by atoms with Gasteiger partial charge < -0.3 is 15.0 Å². The van der Waals surface area contributed by atoms with E-state index in [1.807, 2.05) is 4.90 Å². The predicted molar refractivity (Wildman–Crippen MR) is 91.9 cm³/mol. The first-order chi connectivity index (χ1) is 11.6. The van der Waals surface area contributed by atoms with Gasteiger partial charge in [0.05, 0.1) is 25.1 Å². The van der Waals surface area contributed by atoms with Gasteiger partial charge in [-0.15, -0.1) is 0 Å². The molecular formula is C16H17ClN4O3. The second kappa shape index (κ2) is 7.02. The molecule has 1 amide bonds. The number of hydrogen-bond acceptors (Lipinski definition) is 5. The number of carbonyl (C=O) groups is 1. The van der Waals surface area contributed by atoms with Crippen molar-refractivity contribution in [3.8, 4) is 0 Å². The van der Waals surface area contributed by atoms with Gasteiger partial charge in [0.25, 0.3) is 11.5 Å². The number of ether oxygens (including phenoxy) is 1. The average molecular weight is 349 g/mol. The molecule has 0 atom stereocenters. The molecule has 1 aliphatic heterocycles. The molecule has 1 aromatic heterocycles. The number of hydrogen-bond donors (Lipinski definition) is 1. The summed E-state index contributed by atoms with van der Waals surface area (Å²) in [6.45, 7) is 2.24. The van der Waals surface area contributed by atoms with E-state index in [1.54, 1.807) is 31.3 Å². The minimum absolute atomic E-state index is 0.263. The van der Waals surface area contributed by atoms with Crippen LogP contribution in [-0.2, 0) is 11.8 Å². The van der Waals surface area contributed by atoms with E-state index < -0.39 is 0 Å². The van der Waals surface area contributed by atoms with E-state index in [2.05, 4.69) is 10.4 Å². The number of morpholine rings is 1. The summed E-state index contributed by atoms with van der Waals surface area (Å²) in [4.78, 5) is 26.9. The Bertz CT molecular complexity index is 815. The minimum atomic E-state index is -0.345. The van der Waals surface area contributed by atoms with Gasteiger partial charge in [0.15, 0.2) is 0 Å². The molecule has 1 aromatic carbocycles. The van der Waals surface area contributed by atoms with Crippen LogP contribution in [0.15, 0.2) is 35.3 Å². The number of benzene rings is 1. The molecule has 1 aliphatic rings. The molecule has 0 radical (unpaired) electrons. The van der Waals surface area contributed by atoms with Crippen LogP contribution in [0, 0.1) is 0 Å². The second-order valence-corrected chi connectivity index (χ2v) is 5.84. The molecule has 2 aromatic rings. The van der Waals surface area contributed by atoms with Gasteiger partial charge in [-0.1, -0.05) is 17.7 Å². The lowest BCUT2D eigenvalue weighted by molar-refractivity contribution is 0.102. The number of anilines is 2. The van der Waals surface area contributed by atoms with E-state index in [1.165, 1.54) is 10.9 Å². The van der Waals surface area contributed by atoms with Crippen LogP contribution in [0.5, 0.6) is 0 Å². The van der Waals surface area contributed by atoms with Crippen molar-refractivity contribution in [2.75, 3.05) is 36.5 Å². The Morgan fingerprint density at radius 2 is 2.08 bits per heavy atom. The Labute approximate surface area is 143 Å². The quantitative estimate of drug-likeness (QED) is 0.910. The summed E-state index contributed by atoms with van der Waals surface area (Å²) in [6.07, 6.45) is 1.48. The monoisotopic (exact) mass is 348 g/mol. The Hall–Kier alpha value is -2.38. The van der Waals surface area contributed by atoms with E-state index in [0.29, 0.717) is 48.3 Å². The summed E-state index contributed by atoms with van der Waals surface area (Å²) < 4.78 is 6.58. The summed E-state index contributed by atoms with van der Waals surface area (Å²) in [5.41, 5.74) is 0.952. The average Bonchev–Trinajstić information content (AvgIpc) is 2.59. The third-order valence-electron chi connectivity index (χ3n) is 3.77. The highest BCUT2D eigenvalue weighted by molar-refractivity contribution is 6.31. The van der Waals surface area contributed by atoms with E-state index in [-0.39, 0.29) is 11.5 Å². The Morgan fingerprint density at radius 3 is 2.79 bits per heavy atom. The molecule has 0 unspecified atom stereocenters. The molecule has 0 aliphatic carbocycles. The van der Waals surface area contributed by atoms with E-state index in [0.717, 1.165) is 0 Å². The van der Waals surface area contributed by atoms with Crippen LogP contribution in [0.25, 0.3) is 0 Å². The predicted octanol–water partition coefficient (Wildman–Crippen LogP) is 1.52. The first-order valence-electron chi connectivity index (χ1n) is 7.52. The number of aryl methyl sites for hydroxylation is 1. The van der Waals surface area contributed by atoms with Gasteiger partial charge in [-0.25, -0.2) is 4.68 Å². The smallest absolute Gasteiger partial charge is 0.292 e. The Morgan fingerprint density at radius 1 is 1.33 bits per heavy atom. The molecule has 1 saturated heterocycles. The Balaban J connectivity index is 1.94. The largest absolute Gasteiger partial charge is 0.378 e. The van der Waals surface area contributed by atoms with Crippen molar-refractivity contribution < 1.29 is 9.53 Å². The van der Waals surface area contributed by atoms with Crippen molar-refractivity contribution >= 4 is 28.9 Å². The highest BCUT2D eigenvalue weighted by Gasteiger charge is 2.21. The molecule has 1 N–H and O–H groups in total. The SMILES string of the molecule is Cn1ncc(NC(=O)c2cccc(Cl)c2)c(N2CCOCC2)c1=O. The standard InChI is InChI=1S/C16H17ClN4O3/c1-20-16(23)14(21-5-7-24-8-6-21)13(10-18-20)19-15(22)11-3-2-4-12(17)9-11/h2-4,9-10H,5-8H2,1H3,(H,19,22). The molecule has 0 spiro atoms. The molecule has 1 fully saturated rings. The summed E-state index contributed by atoms with van der Waals surface area (Å²) in [6, 6.07) is 6.61. The van der Waals surface area contributed by atoms with Crippen LogP contribution in [-0.4, -0.2) is 42.0 Å². The zero-order chi connectivity index (χ0) is 17.1. The molecule has 2 heterocycles. The van der Waals surface area contributed by atoms with Crippen molar-refractivity contribution in [2.45, 2.75) is 0 Å². The summed E-state index contributed by atoms with van der Waals surface area (Å²) in [5.74, 6) is -0.345. The van der Waals surface area contributed by atoms with Crippen LogP contribution in [0.1, 0.15) is 10.4 Å². The van der Waals surface area contributed by atoms with Crippen LogP contribution in [0.2, 0.25) is 5.02 Å². The van der Waals surface area contributed by atoms with Gasteiger partial charge in [0, 0.05) is 30.7 Å². The highest BCUT2D eigenvalue weighted by Crippen LogP contribution is 2.22. The molecular weight excluding hydrogens is 332 g/mol. The highest BCUT2D eigenvalue weighted by atomic mass is 35.5. The van der Waals surface area contributed by atoms with Crippen LogP contribution in [0.3, 0.4) is 0 Å². The maximum Gasteiger partial charge on any atom is 0.292 e. The van der Waals surface area contributed by atoms with Gasteiger partial charge >= 0.3 is 0 Å². The lowest BCUT2D eigenvalue weighted by atomic mass is 10.2. The van der Waals surface area contributed by atoms with E-state index in [4.69, 9.17) is 16.3 Å². The van der Waals surface area contributed by atoms with Gasteiger partial charge in [0.1, 0.15) is 5.69 Å². The molecule has 8 heteroatoms. The number of nitrogens with one attached hydrogen (secondary N) is 1. The summed E-state index contributed by atoms with van der Waals surface area (Å²) >= 11 is 5.92. The number of nitrogens with zero attached hydrogens (tertiary/aromatic N) is 3. The van der Waals surface area contributed by atoms with E-state index >= 15 is 0 Å². The van der Waals surface area contributed by atoms with Crippen molar-refractivity contribution in [3.05, 3.63) is 51.4 Å². The van der Waals surface area contributed by atoms with Gasteiger partial charge in [0.2, 0.25) is 0 Å². The molecule has 0 bridgehead atoms. The van der Waals surface area contributed by atoms with Gasteiger partial charge in [-0.05, 0) is 18.2 Å². The second-order valence-electron chi connectivity index (χ2n) is 5.40. The first-order valence-corrected chi connectivity index (χ1v) is 7.90. The molecule has 24 heavy (non-hydrogen) atoms. The number of halogens is 1. The number of rotatable bonds is 3. The third-order valence-corrected chi connectivity index (χ3v) is 4.01. The van der Waals surface area contributed by atoms with Crippen molar-refractivity contribution in [3.63, 3.8) is 0 Å². The van der Waals surface area contributed by atoms with Crippen molar-refractivity contribution in [1.29, 1.82) is 0 Å². The normalized spacial score (nSPS) is 14.5. The van der Waals surface area contributed by atoms with Crippen LogP contribution in [0.4, 0.5) is 11.4 Å². The molecule has 126 valence electrons. The van der Waals surface area contributed by atoms with Crippen LogP contribution >= 0.6 is 11.6 Å². The first kappa shape index (κ1) is 16.5. The fraction of sp³-hybridized carbons (Fsp3) is 0.312. The fourth-order valence-corrected chi connectivity index (χ4v) is 2.72. The third kappa shape index (κ3) is 3.42. The minimum Gasteiger partial charge on any atom is -0.378 e. The topological polar surface area (TPSA) is 76.5 Å².